The van der Waals surface area contributed by atoms with Crippen molar-refractivity contribution in [3.63, 3.8) is 0 Å². The maximum Gasteiger partial charge on any atom is 0.472 e. The quantitative estimate of drug-likeness (QED) is 0.0584. The Bertz CT molecular complexity index is 3070. The largest absolute Gasteiger partial charge is 0.472 e. The average Bonchev–Trinajstić information content (AvgIpc) is 2.00. The number of hydrogen-bond donors (Lipinski definition) is 11. The lowest BCUT2D eigenvalue weighted by molar-refractivity contribution is -0.124. The lowest BCUT2D eigenvalue weighted by Crippen LogP contribution is -2.56. The Morgan fingerprint density at radius 3 is 2.00 bits per heavy atom. The van der Waals surface area contributed by atoms with Crippen molar-refractivity contribution in [1.82, 2.24) is 20.2 Å². The number of ether oxygens (including phenoxy) is 1. The molecule has 2 fully saturated rings. The van der Waals surface area contributed by atoms with Crippen LogP contribution in [-0.4, -0.2) is 132 Å². The van der Waals surface area contributed by atoms with Crippen LogP contribution in [0.3, 0.4) is 0 Å². The number of imidazole rings is 1. The van der Waals surface area contributed by atoms with Gasteiger partial charge in [-0.05, 0) is 70.6 Å². The minimum absolute atomic E-state index is 0.00591. The minimum atomic E-state index is -5.01. The van der Waals surface area contributed by atoms with Crippen molar-refractivity contribution in [2.75, 3.05) is 13.2 Å². The summed E-state index contributed by atoms with van der Waals surface area (Å²) >= 11 is 0. The predicted molar refractivity (Wildman–Crippen MR) is 307 cm³/mol. The molecule has 7 rings (SSSR count). The molecule has 84 heavy (non-hydrogen) atoms. The first-order chi connectivity index (χ1) is 39.0. The van der Waals surface area contributed by atoms with Crippen LogP contribution in [0.5, 0.6) is 0 Å². The van der Waals surface area contributed by atoms with Crippen LogP contribution in [0.25, 0.3) is 0 Å². The highest BCUT2D eigenvalue weighted by Crippen LogP contribution is 2.62. The summed E-state index contributed by atoms with van der Waals surface area (Å²) in [7, 11) is -5.01. The van der Waals surface area contributed by atoms with Crippen LogP contribution >= 0.6 is 7.82 Å². The van der Waals surface area contributed by atoms with E-state index >= 15 is 0 Å². The molecule has 1 unspecified atom stereocenters. The molecule has 15 atom stereocenters. The van der Waals surface area contributed by atoms with Gasteiger partial charge in [0, 0.05) is 143 Å². The highest BCUT2D eigenvalue weighted by molar-refractivity contribution is 7.47. The highest BCUT2D eigenvalue weighted by atomic mass is 31.2. The molecule has 6 aliphatic heterocycles. The zero-order valence-corrected chi connectivity index (χ0v) is 50.1. The van der Waals surface area contributed by atoms with E-state index in [1.165, 1.54) is 30.2 Å². The molecule has 462 valence electrons. The van der Waals surface area contributed by atoms with E-state index in [2.05, 4.69) is 15.6 Å². The molecule has 1 aromatic rings. The van der Waals surface area contributed by atoms with Gasteiger partial charge in [-0.15, -0.1) is 0 Å². The molecule has 7 amide bonds. The first-order valence-electron chi connectivity index (χ1n) is 28.3. The number of aliphatic hydroxyl groups is 2. The Morgan fingerprint density at radius 1 is 0.833 bits per heavy atom. The molecule has 6 aliphatic rings. The van der Waals surface area contributed by atoms with Crippen LogP contribution in [0, 0.1) is 45.3 Å². The zero-order valence-electron chi connectivity index (χ0n) is 49.3. The molecular formula is C56H84N13O14P. The monoisotopic (exact) mass is 1190 g/mol. The number of fused-ring (bicyclic) bond motifs is 6. The van der Waals surface area contributed by atoms with Crippen LogP contribution in [0.15, 0.2) is 68.0 Å². The Morgan fingerprint density at radius 2 is 1.44 bits per heavy atom. The number of aliphatic hydroxyl groups excluding tert-OH is 2. The van der Waals surface area contributed by atoms with E-state index in [0.717, 1.165) is 0 Å². The summed E-state index contributed by atoms with van der Waals surface area (Å²) in [5.41, 5.74) is 34.1. The number of primary amides is 6. The van der Waals surface area contributed by atoms with Crippen molar-refractivity contribution in [2.45, 2.75) is 175 Å². The summed E-state index contributed by atoms with van der Waals surface area (Å²) in [4.78, 5) is 125. The SMILES string of the molecule is C/C1=C2N=C(/C=C3\N/C(=C(/C)C4=N[C@](C)([C@@H]5N=C1[C@](C)(CCC(=O)NC[C@@H](C)OP(=O)(O)O[C@H]1[C@@H](O)[C@@H](n6ccnc6)O[C@@H]1CO)[C@H]5CC(N)=O)[C@@](C)(CC(N)=O)[C@@H]4CCC(N)=O)[C@@](C)(CC(N)=O)[C@@H]3CCC(N)=O)C(C)(C)[C@@H]/2CCC(N)=O. The first-order valence-corrected chi connectivity index (χ1v) is 29.8. The van der Waals surface area contributed by atoms with Gasteiger partial charge in [0.15, 0.2) is 6.23 Å². The Hall–Kier alpha value is -6.48. The Balaban J connectivity index is 1.36. The average molecular weight is 1190 g/mol. The normalized spacial score (nSPS) is 35.7. The summed E-state index contributed by atoms with van der Waals surface area (Å²) in [6.07, 6.45) is -1.18. The fraction of sp³-hybridized carbons (Fsp3) is 0.661. The van der Waals surface area contributed by atoms with E-state index in [9.17, 15) is 53.2 Å². The van der Waals surface area contributed by atoms with Crippen molar-refractivity contribution >= 4 is 66.3 Å². The standard InChI is InChI=1S/C56H84N13O14P/c1-27(82-84(79,80)83-47-35(25-70)81-51(46(47)78)69-19-18-63-26-69)24-64-43(77)16-17-53(6)33(20-40(60)74)50-56(9)55(8,23-42(62)76)32(12-15-39(59)73)45(68-56)29(3)49-54(7,22-41(61)75)30(10-13-37(57)71)34(65-49)21-36-52(4,5)31(11-14-38(58)72)44(66-36)28(2)48(53)67-50/h18-19,21,26-27,30-33,35,46-47,50-51,65,70,78H,10-17,20,22-25H2,1-9H3,(H2,57,71)(H2,58,72)(H2,59,73)(H2,60,74)(H2,61,75)(H2,62,76)(H,64,77)(H,79,80)/b34-21-,44-28-,49-29-/t27-,30-,31-,32-,33+,35-,46-,47-,50-,51+,53-,54+,55+,56-/m1/s1. The van der Waals surface area contributed by atoms with Crippen LogP contribution in [0.2, 0.25) is 0 Å². The predicted octanol–water partition coefficient (Wildman–Crippen LogP) is 1.39. The van der Waals surface area contributed by atoms with Crippen LogP contribution < -0.4 is 45.0 Å². The van der Waals surface area contributed by atoms with Crippen LogP contribution in [-0.2, 0) is 51.9 Å². The number of amides is 7. The summed E-state index contributed by atoms with van der Waals surface area (Å²) in [5.74, 6) is -7.15. The number of aliphatic imine (C=N–C) groups is 3. The van der Waals surface area contributed by atoms with Gasteiger partial charge in [-0.25, -0.2) is 9.55 Å². The first kappa shape index (κ1) is 65.1. The van der Waals surface area contributed by atoms with E-state index in [4.69, 9.17) is 63.2 Å². The van der Waals surface area contributed by atoms with Gasteiger partial charge >= 0.3 is 7.82 Å². The number of aromatic nitrogens is 2. The molecule has 7 heterocycles. The number of hydrogen-bond acceptors (Lipinski definition) is 18. The van der Waals surface area contributed by atoms with Gasteiger partial charge in [0.1, 0.15) is 18.3 Å². The van der Waals surface area contributed by atoms with Crippen LogP contribution in [0.1, 0.15) is 139 Å². The van der Waals surface area contributed by atoms with E-state index in [1.54, 1.807) is 0 Å². The topological polar surface area (TPSA) is 460 Å². The van der Waals surface area contributed by atoms with Gasteiger partial charge in [-0.1, -0.05) is 34.6 Å². The van der Waals surface area contributed by atoms with Gasteiger partial charge in [0.05, 0.1) is 30.6 Å². The van der Waals surface area contributed by atoms with Gasteiger partial charge < -0.3 is 69.4 Å². The number of phosphoric ester groups is 1. The fourth-order valence-corrected chi connectivity index (χ4v) is 15.5. The number of phosphoric acid groups is 1. The van der Waals surface area contributed by atoms with Crippen molar-refractivity contribution in [1.29, 1.82) is 0 Å². The Kier molecular flexibility index (Phi) is 19.0. The third-order valence-corrected chi connectivity index (χ3v) is 20.1. The smallest absolute Gasteiger partial charge is 0.394 e. The molecule has 28 heteroatoms. The molecule has 0 aliphatic carbocycles. The maximum absolute atomic E-state index is 14.2. The lowest BCUT2D eigenvalue weighted by Gasteiger charge is -2.48. The molecule has 27 nitrogen and oxygen atoms in total. The molecule has 0 spiro atoms. The van der Waals surface area contributed by atoms with Gasteiger partial charge in [-0.2, -0.15) is 0 Å². The van der Waals surface area contributed by atoms with Gasteiger partial charge in [0.25, 0.3) is 0 Å². The third-order valence-electron chi connectivity index (χ3n) is 18.9. The summed E-state index contributed by atoms with van der Waals surface area (Å²) in [5, 5.41) is 27.4. The van der Waals surface area contributed by atoms with E-state index < -0.39 is 143 Å². The Labute approximate surface area is 488 Å². The third kappa shape index (κ3) is 12.6. The summed E-state index contributed by atoms with van der Waals surface area (Å²) < 4.78 is 31.3. The van der Waals surface area contributed by atoms with Gasteiger partial charge in [-0.3, -0.25) is 57.6 Å². The minimum Gasteiger partial charge on any atom is -0.394 e. The molecule has 17 N–H and O–H groups in total. The molecule has 0 radical (unpaired) electrons. The van der Waals surface area contributed by atoms with E-state index in [-0.39, 0.29) is 77.2 Å². The number of carbonyl (C=O) groups is 7. The number of carbonyl (C=O) groups excluding carboxylic acids is 7. The maximum atomic E-state index is 14.2. The number of nitrogens with one attached hydrogen (secondary N) is 2. The highest BCUT2D eigenvalue weighted by Gasteiger charge is 2.66. The number of nitrogens with zero attached hydrogens (tertiary/aromatic N) is 5. The van der Waals surface area contributed by atoms with Crippen molar-refractivity contribution in [3.8, 4) is 0 Å². The summed E-state index contributed by atoms with van der Waals surface area (Å²) in [6.45, 7) is 15.4. The van der Waals surface area contributed by atoms with Gasteiger partial charge in [0.2, 0.25) is 41.4 Å². The second-order valence-electron chi connectivity index (χ2n) is 25.0. The molecule has 2 saturated heterocycles. The van der Waals surface area contributed by atoms with Crippen molar-refractivity contribution < 1.29 is 67.0 Å². The molecular weight excluding hydrogens is 1110 g/mol. The fourth-order valence-electron chi connectivity index (χ4n) is 14.4. The molecule has 1 aromatic heterocycles. The second kappa shape index (κ2) is 24.5. The number of allylic oxidation sites excluding steroid dienone is 6. The number of nitrogens with two attached hydrogens (primary N) is 6. The van der Waals surface area contributed by atoms with E-state index in [1.807, 2.05) is 61.5 Å². The second-order valence-corrected chi connectivity index (χ2v) is 26.4. The van der Waals surface area contributed by atoms with Crippen molar-refractivity contribution in [3.05, 3.63) is 53.0 Å². The lowest BCUT2D eigenvalue weighted by atomic mass is 9.55. The van der Waals surface area contributed by atoms with Crippen LogP contribution in [0.4, 0.5) is 0 Å². The molecule has 0 saturated carbocycles. The van der Waals surface area contributed by atoms with Crippen molar-refractivity contribution in [2.24, 2.45) is 94.7 Å². The molecule has 8 bridgehead atoms. The molecule has 0 aromatic carbocycles. The van der Waals surface area contributed by atoms with E-state index in [0.29, 0.717) is 45.4 Å². The summed E-state index contributed by atoms with van der Waals surface area (Å²) in [6, 6.07) is -1.03. The zero-order chi connectivity index (χ0) is 62.4. The number of rotatable bonds is 26.